The third kappa shape index (κ3) is 8.21. The Balaban J connectivity index is 1.12. The fourth-order valence-electron chi connectivity index (χ4n) is 7.73. The molecule has 7 rings (SSSR count). The predicted molar refractivity (Wildman–Crippen MR) is 198 cm³/mol. The molecule has 3 atom stereocenters. The Morgan fingerprint density at radius 2 is 1.71 bits per heavy atom. The summed E-state index contributed by atoms with van der Waals surface area (Å²) < 4.78 is 60.7. The molecule has 11 nitrogen and oxygen atoms in total. The number of carbonyl (C=O) groups excluding carboxylic acids is 1. The molecule has 0 unspecified atom stereocenters. The van der Waals surface area contributed by atoms with Crippen LogP contribution in [-0.2, 0) is 35.3 Å². The molecule has 0 radical (unpaired) electrons. The second-order valence-corrected chi connectivity index (χ2v) is 14.4. The van der Waals surface area contributed by atoms with Gasteiger partial charge >= 0.3 is 12.1 Å². The lowest BCUT2D eigenvalue weighted by molar-refractivity contribution is -0.141. The lowest BCUT2D eigenvalue weighted by atomic mass is 9.94. The molecule has 1 aliphatic carbocycles. The Labute approximate surface area is 321 Å². The van der Waals surface area contributed by atoms with E-state index < -0.39 is 35.6 Å². The number of rotatable bonds is 13. The molecule has 2 aromatic heterocycles. The number of likely N-dealkylation sites (tertiary alicyclic amines) is 1. The molecule has 2 aliphatic heterocycles. The minimum absolute atomic E-state index is 0.00839. The van der Waals surface area contributed by atoms with Gasteiger partial charge in [-0.05, 0) is 61.1 Å². The molecule has 0 bridgehead atoms. The van der Waals surface area contributed by atoms with Crippen LogP contribution in [0.25, 0.3) is 22.4 Å². The molecule has 4 aromatic rings. The number of aromatic nitrogens is 2. The number of hydrogen-bond donors (Lipinski definition) is 3. The van der Waals surface area contributed by atoms with Gasteiger partial charge in [0.15, 0.2) is 0 Å². The van der Waals surface area contributed by atoms with Crippen molar-refractivity contribution in [3.63, 3.8) is 0 Å². The van der Waals surface area contributed by atoms with Crippen molar-refractivity contribution in [2.75, 3.05) is 33.9 Å². The number of methoxy groups -OCH3 is 2. The van der Waals surface area contributed by atoms with Crippen molar-refractivity contribution in [1.82, 2.24) is 25.5 Å². The molecular formula is C40H41ClF3N5O6. The second kappa shape index (κ2) is 16.0. The van der Waals surface area contributed by atoms with Crippen molar-refractivity contribution >= 4 is 23.5 Å². The van der Waals surface area contributed by atoms with Crippen molar-refractivity contribution in [2.24, 2.45) is 5.92 Å². The smallest absolute Gasteiger partial charge is 0.421 e. The lowest BCUT2D eigenvalue weighted by Gasteiger charge is -2.22. The Kier molecular flexibility index (Phi) is 11.2. The van der Waals surface area contributed by atoms with E-state index in [0.29, 0.717) is 67.5 Å². The summed E-state index contributed by atoms with van der Waals surface area (Å²) in [6.45, 7) is 1.86. The van der Waals surface area contributed by atoms with Gasteiger partial charge in [0, 0.05) is 60.9 Å². The van der Waals surface area contributed by atoms with Crippen molar-refractivity contribution in [3.05, 3.63) is 87.4 Å². The second-order valence-electron chi connectivity index (χ2n) is 14.1. The van der Waals surface area contributed by atoms with Crippen molar-refractivity contribution in [3.8, 4) is 40.0 Å². The van der Waals surface area contributed by atoms with E-state index in [0.717, 1.165) is 40.3 Å². The van der Waals surface area contributed by atoms with Crippen molar-refractivity contribution in [1.29, 1.82) is 0 Å². The van der Waals surface area contributed by atoms with Crippen LogP contribution < -0.4 is 24.8 Å². The van der Waals surface area contributed by atoms with Crippen LogP contribution in [0.3, 0.4) is 0 Å². The molecule has 4 heterocycles. The van der Waals surface area contributed by atoms with Crippen LogP contribution in [0.5, 0.6) is 17.6 Å². The number of halogens is 4. The summed E-state index contributed by atoms with van der Waals surface area (Å²) in [7, 11) is 2.89. The molecule has 3 N–H and O–H groups in total. The number of alkyl halides is 3. The van der Waals surface area contributed by atoms with Gasteiger partial charge in [0.1, 0.15) is 11.7 Å². The first-order chi connectivity index (χ1) is 26.4. The van der Waals surface area contributed by atoms with E-state index in [1.54, 1.807) is 12.0 Å². The van der Waals surface area contributed by atoms with Gasteiger partial charge < -0.3 is 30.0 Å². The number of hydrogen-bond acceptors (Lipinski definition) is 9. The number of pyridine rings is 2. The summed E-state index contributed by atoms with van der Waals surface area (Å²) >= 11 is 7.11. The molecule has 290 valence electrons. The molecule has 1 amide bonds. The molecule has 55 heavy (non-hydrogen) atoms. The minimum Gasteiger partial charge on any atom is -0.481 e. The van der Waals surface area contributed by atoms with E-state index >= 15 is 0 Å². The number of carboxylic acids is 1. The molecule has 0 saturated carbocycles. The van der Waals surface area contributed by atoms with Gasteiger partial charge in [-0.2, -0.15) is 18.2 Å². The van der Waals surface area contributed by atoms with Crippen LogP contribution in [0.4, 0.5) is 13.2 Å². The summed E-state index contributed by atoms with van der Waals surface area (Å²) in [6, 6.07) is 16.2. The molecule has 3 aliphatic rings. The number of fused-ring (bicyclic) bond motifs is 1. The van der Waals surface area contributed by atoms with E-state index in [1.165, 1.54) is 7.11 Å². The van der Waals surface area contributed by atoms with E-state index in [9.17, 15) is 27.9 Å². The number of ether oxygens (including phenoxy) is 3. The average Bonchev–Trinajstić information content (AvgIpc) is 3.92. The summed E-state index contributed by atoms with van der Waals surface area (Å²) in [6.07, 6.45) is -2.78. The average molecular weight is 780 g/mol. The van der Waals surface area contributed by atoms with Gasteiger partial charge in [-0.3, -0.25) is 14.5 Å². The molecule has 0 spiro atoms. The van der Waals surface area contributed by atoms with Gasteiger partial charge in [0.2, 0.25) is 23.5 Å². The maximum atomic E-state index is 14.5. The Morgan fingerprint density at radius 1 is 0.964 bits per heavy atom. The topological polar surface area (TPSA) is 135 Å². The highest BCUT2D eigenvalue weighted by molar-refractivity contribution is 6.36. The molecule has 2 saturated heterocycles. The SMILES string of the molecule is COc1nc(-c2cccc(-c3cccc4c3CC[C@@H]4Oc3nc(OC)c(CN4CC[C@@H](C(=O)O)C4)cc3C(F)(F)F)c2Cl)ccc1CNC[C@@H]1CCC(=O)N1. The van der Waals surface area contributed by atoms with Crippen LogP contribution in [0, 0.1) is 5.92 Å². The summed E-state index contributed by atoms with van der Waals surface area (Å²) in [5, 5.41) is 16.1. The predicted octanol–water partition coefficient (Wildman–Crippen LogP) is 6.84. The summed E-state index contributed by atoms with van der Waals surface area (Å²) in [5.74, 6) is -1.58. The first-order valence-corrected chi connectivity index (χ1v) is 18.5. The third-order valence-corrected chi connectivity index (χ3v) is 10.9. The fourth-order valence-corrected chi connectivity index (χ4v) is 8.05. The first kappa shape index (κ1) is 38.4. The van der Waals surface area contributed by atoms with Crippen molar-refractivity contribution < 1.29 is 42.1 Å². The minimum atomic E-state index is -4.77. The number of aliphatic carboxylic acids is 1. The van der Waals surface area contributed by atoms with E-state index in [4.69, 9.17) is 30.8 Å². The largest absolute Gasteiger partial charge is 0.481 e. The monoisotopic (exact) mass is 779 g/mol. The third-order valence-electron chi connectivity index (χ3n) is 10.5. The Morgan fingerprint density at radius 3 is 2.42 bits per heavy atom. The summed E-state index contributed by atoms with van der Waals surface area (Å²) in [5.41, 5.74) is 4.56. The standard InChI is InChI=1S/C40H41ClF3N5O6/c1-53-36-22(18-45-19-25-10-14-34(50)46-25)9-12-32(47-36)30-8-4-7-29(35(30)41)26-5-3-6-28-27(26)11-13-33(28)55-38-31(40(42,43)44)17-24(37(48-38)54-2)21-49-16-15-23(20-49)39(51)52/h3-9,12,17,23,25,33,45H,10-11,13-16,18-21H2,1-2H3,(H,46,50)(H,51,52)/t23-,25+,33+/m1/s1. The Bertz CT molecular complexity index is 2100. The maximum Gasteiger partial charge on any atom is 0.421 e. The highest BCUT2D eigenvalue weighted by Crippen LogP contribution is 2.46. The normalized spacial score (nSPS) is 19.7. The molecule has 15 heteroatoms. The molecule has 2 fully saturated rings. The van der Waals surface area contributed by atoms with Gasteiger partial charge in [0.05, 0.1) is 30.9 Å². The molecule has 2 aromatic carbocycles. The van der Waals surface area contributed by atoms with E-state index in [1.807, 2.05) is 48.5 Å². The zero-order valence-corrected chi connectivity index (χ0v) is 31.1. The fraction of sp³-hybridized carbons (Fsp3) is 0.400. The number of nitrogens with one attached hydrogen (secondary N) is 2. The quantitative estimate of drug-likeness (QED) is 0.132. The lowest BCUT2D eigenvalue weighted by Crippen LogP contribution is -2.35. The van der Waals surface area contributed by atoms with Gasteiger partial charge in [-0.25, -0.2) is 4.98 Å². The van der Waals surface area contributed by atoms with E-state index in [2.05, 4.69) is 15.6 Å². The van der Waals surface area contributed by atoms with Crippen LogP contribution in [0.1, 0.15) is 59.6 Å². The number of carbonyl (C=O) groups is 2. The highest BCUT2D eigenvalue weighted by atomic mass is 35.5. The van der Waals surface area contributed by atoms with Crippen LogP contribution in [0.15, 0.2) is 54.6 Å². The van der Waals surface area contributed by atoms with Gasteiger partial charge in [0.25, 0.3) is 0 Å². The zero-order valence-electron chi connectivity index (χ0n) is 30.3. The maximum absolute atomic E-state index is 14.5. The number of amides is 1. The van der Waals surface area contributed by atoms with Crippen molar-refractivity contribution in [2.45, 2.75) is 63.5 Å². The van der Waals surface area contributed by atoms with E-state index in [-0.39, 0.29) is 36.5 Å². The Hall–Kier alpha value is -4.92. The first-order valence-electron chi connectivity index (χ1n) is 18.2. The summed E-state index contributed by atoms with van der Waals surface area (Å²) in [4.78, 5) is 33.7. The molecular weight excluding hydrogens is 739 g/mol. The zero-order chi connectivity index (χ0) is 38.9. The van der Waals surface area contributed by atoms with Gasteiger partial charge in [-0.15, -0.1) is 0 Å². The number of carboxylic acid groups (broad SMARTS) is 1. The van der Waals surface area contributed by atoms with Crippen LogP contribution in [-0.4, -0.2) is 71.7 Å². The number of benzene rings is 2. The highest BCUT2D eigenvalue weighted by Gasteiger charge is 2.39. The van der Waals surface area contributed by atoms with Crippen LogP contribution in [0.2, 0.25) is 5.02 Å². The van der Waals surface area contributed by atoms with Crippen LogP contribution >= 0.6 is 11.6 Å². The number of nitrogens with zero attached hydrogens (tertiary/aromatic N) is 3. The van der Waals surface area contributed by atoms with Gasteiger partial charge in [-0.1, -0.05) is 54.1 Å².